The van der Waals surface area contributed by atoms with Gasteiger partial charge in [-0.2, -0.15) is 13.8 Å². The number of phenolic OH excluding ortho intramolecular Hbond substituents is 1. The Morgan fingerprint density at radius 2 is 1.71 bits per heavy atom. The van der Waals surface area contributed by atoms with Gasteiger partial charge in [-0.05, 0) is 54.1 Å². The Hall–Kier alpha value is -5.98. The molecule has 3 aromatic carbocycles. The molecule has 0 aliphatic carbocycles. The number of aliphatic imine (C=N–C) groups is 1. The lowest BCUT2D eigenvalue weighted by Crippen LogP contribution is -2.23. The number of carbonyl (C=O) groups is 1. The molecule has 0 fully saturated rings. The summed E-state index contributed by atoms with van der Waals surface area (Å²) in [6.07, 6.45) is 2.61. The van der Waals surface area contributed by atoms with Crippen molar-refractivity contribution >= 4 is 23.7 Å². The zero-order valence-electron chi connectivity index (χ0n) is 24.1. The zero-order valence-corrected chi connectivity index (χ0v) is 24.1. The minimum absolute atomic E-state index is 0.00798. The quantitative estimate of drug-likeness (QED) is 0.0895. The van der Waals surface area contributed by atoms with Gasteiger partial charge in [0.05, 0.1) is 13.7 Å². The minimum Gasteiger partial charge on any atom is -0.504 e. The standard InChI is InChI=1S/C32H27F2N5O6/c1-39-14-13-37-30(39)20-6-4-8-22(16-20)44-31-26(33)28(43-21-7-3-5-18(15-21)9-12-25(41)42-2)27(34)32(38-31)45-24-17-19(29(35)36)10-11-23(24)40/h3-12,15-17,40H,13-14H2,1-2H3,(H3,35,36). The number of hydrogen-bond acceptors (Lipinski definition) is 10. The van der Waals surface area contributed by atoms with E-state index in [1.165, 1.54) is 49.6 Å². The number of esters is 1. The maximum absolute atomic E-state index is 15.9. The summed E-state index contributed by atoms with van der Waals surface area (Å²) in [6, 6.07) is 16.5. The van der Waals surface area contributed by atoms with E-state index in [2.05, 4.69) is 14.7 Å². The first kappa shape index (κ1) is 30.5. The molecule has 5 rings (SSSR count). The molecule has 1 aromatic heterocycles. The summed E-state index contributed by atoms with van der Waals surface area (Å²) in [5.41, 5.74) is 6.91. The van der Waals surface area contributed by atoms with Crippen LogP contribution in [-0.2, 0) is 9.53 Å². The number of carbonyl (C=O) groups excluding carboxylic acids is 1. The Bertz CT molecular complexity index is 1850. The number of benzene rings is 3. The van der Waals surface area contributed by atoms with Crippen LogP contribution in [0, 0.1) is 17.0 Å². The number of phenols is 1. The van der Waals surface area contributed by atoms with Gasteiger partial charge in [0.15, 0.2) is 11.5 Å². The predicted molar refractivity (Wildman–Crippen MR) is 161 cm³/mol. The predicted octanol–water partition coefficient (Wildman–Crippen LogP) is 5.60. The monoisotopic (exact) mass is 615 g/mol. The van der Waals surface area contributed by atoms with Gasteiger partial charge in [-0.25, -0.2) is 4.79 Å². The number of amidine groups is 2. The number of hydrogen-bond donors (Lipinski definition) is 3. The first-order valence-electron chi connectivity index (χ1n) is 13.4. The van der Waals surface area contributed by atoms with E-state index in [-0.39, 0.29) is 28.6 Å². The van der Waals surface area contributed by atoms with E-state index in [4.69, 9.17) is 25.4 Å². The highest BCUT2D eigenvalue weighted by Gasteiger charge is 2.27. The van der Waals surface area contributed by atoms with E-state index >= 15 is 8.78 Å². The molecule has 2 heterocycles. The van der Waals surface area contributed by atoms with Gasteiger partial charge in [-0.3, -0.25) is 10.4 Å². The second kappa shape index (κ2) is 13.1. The summed E-state index contributed by atoms with van der Waals surface area (Å²) in [5.74, 6) is -5.79. The third-order valence-corrected chi connectivity index (χ3v) is 6.51. The van der Waals surface area contributed by atoms with Crippen molar-refractivity contribution < 1.29 is 37.6 Å². The molecule has 0 spiro atoms. The molecule has 45 heavy (non-hydrogen) atoms. The summed E-state index contributed by atoms with van der Waals surface area (Å²) >= 11 is 0. The molecule has 0 saturated carbocycles. The largest absolute Gasteiger partial charge is 0.504 e. The highest BCUT2D eigenvalue weighted by atomic mass is 19.1. The summed E-state index contributed by atoms with van der Waals surface area (Å²) in [6.45, 7) is 1.37. The number of likely N-dealkylation sites (N-methyl/N-ethyl adjacent to an activating group) is 1. The lowest BCUT2D eigenvalue weighted by molar-refractivity contribution is -0.134. The van der Waals surface area contributed by atoms with Crippen molar-refractivity contribution in [3.63, 3.8) is 0 Å². The third-order valence-electron chi connectivity index (χ3n) is 6.51. The van der Waals surface area contributed by atoms with E-state index in [1.54, 1.807) is 30.3 Å². The van der Waals surface area contributed by atoms with Crippen LogP contribution in [0.5, 0.6) is 40.5 Å². The van der Waals surface area contributed by atoms with Gasteiger partial charge in [-0.15, -0.1) is 0 Å². The Balaban J connectivity index is 1.56. The number of nitrogens with two attached hydrogens (primary N) is 1. The van der Waals surface area contributed by atoms with Gasteiger partial charge < -0.3 is 34.7 Å². The van der Waals surface area contributed by atoms with Crippen LogP contribution in [0.1, 0.15) is 16.7 Å². The SMILES string of the molecule is COC(=O)C=Cc1cccc(Oc2c(F)c(Oc3cccc(C4=NCCN4C)c3)nc(Oc3cc(C(=N)N)ccc3O)c2F)c1. The summed E-state index contributed by atoms with van der Waals surface area (Å²) in [5, 5.41) is 18.0. The highest BCUT2D eigenvalue weighted by molar-refractivity contribution is 6.00. The van der Waals surface area contributed by atoms with E-state index in [9.17, 15) is 9.90 Å². The molecule has 13 heteroatoms. The number of nitrogens with one attached hydrogen (secondary N) is 1. The summed E-state index contributed by atoms with van der Waals surface area (Å²) in [4.78, 5) is 21.9. The zero-order chi connectivity index (χ0) is 32.1. The number of nitrogen functional groups attached to an aromatic ring is 1. The van der Waals surface area contributed by atoms with Gasteiger partial charge in [0.1, 0.15) is 23.2 Å². The van der Waals surface area contributed by atoms with Crippen molar-refractivity contribution in [2.45, 2.75) is 0 Å². The average molecular weight is 616 g/mol. The summed E-state index contributed by atoms with van der Waals surface area (Å²) < 4.78 is 53.4. The Labute approximate surface area is 256 Å². The number of methoxy groups -OCH3 is 1. The first-order valence-corrected chi connectivity index (χ1v) is 13.4. The van der Waals surface area contributed by atoms with E-state index in [0.29, 0.717) is 17.7 Å². The number of rotatable bonds is 10. The van der Waals surface area contributed by atoms with Crippen LogP contribution in [-0.4, -0.2) is 59.9 Å². The normalized spacial score (nSPS) is 12.6. The molecular formula is C32H27F2N5O6. The van der Waals surface area contributed by atoms with Crippen LogP contribution >= 0.6 is 0 Å². The van der Waals surface area contributed by atoms with Crippen LogP contribution in [0.4, 0.5) is 8.78 Å². The molecule has 0 atom stereocenters. The van der Waals surface area contributed by atoms with Crippen LogP contribution < -0.4 is 19.9 Å². The number of halogens is 2. The molecule has 0 radical (unpaired) electrons. The molecule has 0 unspecified atom stereocenters. The minimum atomic E-state index is -1.35. The fourth-order valence-corrected chi connectivity index (χ4v) is 4.26. The maximum Gasteiger partial charge on any atom is 0.330 e. The fourth-order valence-electron chi connectivity index (χ4n) is 4.26. The van der Waals surface area contributed by atoms with Crippen molar-refractivity contribution in [3.8, 4) is 40.5 Å². The van der Waals surface area contributed by atoms with Crippen molar-refractivity contribution in [1.29, 1.82) is 5.41 Å². The number of pyridine rings is 1. The molecule has 11 nitrogen and oxygen atoms in total. The van der Waals surface area contributed by atoms with Crippen molar-refractivity contribution in [1.82, 2.24) is 9.88 Å². The Kier molecular flexibility index (Phi) is 8.89. The lowest BCUT2D eigenvalue weighted by atomic mass is 10.2. The van der Waals surface area contributed by atoms with Crippen molar-refractivity contribution in [3.05, 3.63) is 101 Å². The topological polar surface area (TPSA) is 153 Å². The Morgan fingerprint density at radius 1 is 1.00 bits per heavy atom. The second-order valence-corrected chi connectivity index (χ2v) is 9.67. The van der Waals surface area contributed by atoms with Gasteiger partial charge in [0.2, 0.25) is 17.4 Å². The fraction of sp³-hybridized carbons (Fsp3) is 0.125. The molecule has 1 aliphatic rings. The maximum atomic E-state index is 15.9. The third kappa shape index (κ3) is 6.99. The number of aromatic nitrogens is 1. The van der Waals surface area contributed by atoms with Gasteiger partial charge in [0, 0.05) is 30.8 Å². The van der Waals surface area contributed by atoms with Crippen LogP contribution in [0.3, 0.4) is 0 Å². The van der Waals surface area contributed by atoms with E-state index in [1.807, 2.05) is 18.0 Å². The molecule has 0 bridgehead atoms. The average Bonchev–Trinajstić information content (AvgIpc) is 3.47. The number of nitrogens with zero attached hydrogens (tertiary/aromatic N) is 3. The lowest BCUT2D eigenvalue weighted by Gasteiger charge is -2.16. The summed E-state index contributed by atoms with van der Waals surface area (Å²) in [7, 11) is 3.12. The van der Waals surface area contributed by atoms with Crippen molar-refractivity contribution in [2.75, 3.05) is 27.2 Å². The van der Waals surface area contributed by atoms with Gasteiger partial charge >= 0.3 is 5.97 Å². The van der Waals surface area contributed by atoms with E-state index in [0.717, 1.165) is 12.4 Å². The van der Waals surface area contributed by atoms with Crippen LogP contribution in [0.15, 0.2) is 77.8 Å². The smallest absolute Gasteiger partial charge is 0.330 e. The number of ether oxygens (including phenoxy) is 4. The van der Waals surface area contributed by atoms with Crippen LogP contribution in [0.25, 0.3) is 6.08 Å². The first-order chi connectivity index (χ1) is 21.6. The molecule has 0 saturated heterocycles. The molecule has 4 N–H and O–H groups in total. The van der Waals surface area contributed by atoms with Crippen molar-refractivity contribution in [2.24, 2.45) is 10.7 Å². The Morgan fingerprint density at radius 3 is 2.40 bits per heavy atom. The highest BCUT2D eigenvalue weighted by Crippen LogP contribution is 2.41. The number of aromatic hydroxyl groups is 1. The van der Waals surface area contributed by atoms with Gasteiger partial charge in [0.25, 0.3) is 11.8 Å². The second-order valence-electron chi connectivity index (χ2n) is 9.67. The molecule has 1 aliphatic heterocycles. The molecule has 0 amide bonds. The van der Waals surface area contributed by atoms with Crippen LogP contribution in [0.2, 0.25) is 0 Å². The molecule has 230 valence electrons. The van der Waals surface area contributed by atoms with E-state index < -0.39 is 40.9 Å². The molecule has 4 aromatic rings. The molecular weight excluding hydrogens is 588 g/mol. The van der Waals surface area contributed by atoms with Gasteiger partial charge in [-0.1, -0.05) is 24.3 Å².